The second kappa shape index (κ2) is 10.7. The fourth-order valence-electron chi connectivity index (χ4n) is 3.74. The highest BCUT2D eigenvalue weighted by molar-refractivity contribution is 7.99. The molecule has 1 aliphatic heterocycles. The number of thioether (sulfide) groups is 1. The molecule has 10 heteroatoms. The van der Waals surface area contributed by atoms with Gasteiger partial charge in [-0.15, -0.1) is 16.9 Å². The fraction of sp³-hybridized carbons (Fsp3) is 0.375. The van der Waals surface area contributed by atoms with Crippen LogP contribution in [0.2, 0.25) is 0 Å². The quantitative estimate of drug-likeness (QED) is 0.456. The van der Waals surface area contributed by atoms with Crippen molar-refractivity contribution in [1.82, 2.24) is 14.5 Å². The van der Waals surface area contributed by atoms with Crippen molar-refractivity contribution in [2.45, 2.75) is 42.9 Å². The average Bonchev–Trinajstić information content (AvgIpc) is 3.27. The second-order valence-corrected chi connectivity index (χ2v) is 11.6. The van der Waals surface area contributed by atoms with Crippen LogP contribution in [0.5, 0.6) is 0 Å². The van der Waals surface area contributed by atoms with Gasteiger partial charge in [0, 0.05) is 23.5 Å². The van der Waals surface area contributed by atoms with E-state index >= 15 is 0 Å². The van der Waals surface area contributed by atoms with Gasteiger partial charge in [0.25, 0.3) is 5.91 Å². The first kappa shape index (κ1) is 24.4. The Labute approximate surface area is 204 Å². The molecule has 0 unspecified atom stereocenters. The van der Waals surface area contributed by atoms with E-state index in [-0.39, 0.29) is 10.9 Å². The predicted molar refractivity (Wildman–Crippen MR) is 131 cm³/mol. The third-order valence-electron chi connectivity index (χ3n) is 5.77. The van der Waals surface area contributed by atoms with Gasteiger partial charge in [0.1, 0.15) is 0 Å². The van der Waals surface area contributed by atoms with Crippen molar-refractivity contribution in [3.63, 3.8) is 0 Å². The summed E-state index contributed by atoms with van der Waals surface area (Å²) in [6.07, 6.45) is 2.17. The summed E-state index contributed by atoms with van der Waals surface area (Å²) in [7, 11) is -3.56. The number of hydrogen-bond donors (Lipinski definition) is 1. The largest absolute Gasteiger partial charge is 0.407 e. The van der Waals surface area contributed by atoms with E-state index in [9.17, 15) is 13.2 Å². The van der Waals surface area contributed by atoms with Gasteiger partial charge in [-0.25, -0.2) is 8.42 Å². The summed E-state index contributed by atoms with van der Waals surface area (Å²) in [5.41, 5.74) is 1.33. The highest BCUT2D eigenvalue weighted by atomic mass is 32.2. The van der Waals surface area contributed by atoms with Gasteiger partial charge < -0.3 is 4.42 Å². The van der Waals surface area contributed by atoms with Crippen LogP contribution in [0.1, 0.15) is 48.5 Å². The maximum absolute atomic E-state index is 12.9. The smallest absolute Gasteiger partial charge is 0.322 e. The van der Waals surface area contributed by atoms with Crippen molar-refractivity contribution in [1.29, 1.82) is 0 Å². The summed E-state index contributed by atoms with van der Waals surface area (Å²) < 4.78 is 32.8. The van der Waals surface area contributed by atoms with Crippen LogP contribution >= 0.6 is 11.8 Å². The molecule has 0 atom stereocenters. The maximum Gasteiger partial charge on any atom is 0.322 e. The fourth-order valence-corrected chi connectivity index (χ4v) is 5.87. The average molecular weight is 501 g/mol. The van der Waals surface area contributed by atoms with E-state index in [0.717, 1.165) is 24.2 Å². The van der Waals surface area contributed by atoms with Gasteiger partial charge in [0.2, 0.25) is 15.9 Å². The zero-order chi connectivity index (χ0) is 24.1. The molecule has 1 saturated heterocycles. The lowest BCUT2D eigenvalue weighted by Crippen LogP contribution is -2.37. The SMILES string of the molecule is CCSc1ccc(Cc2nnc(NC(=O)c3ccc(S(=O)(=O)N4CCC(C)CC4)cc3)o2)cc1. The van der Waals surface area contributed by atoms with Crippen molar-refractivity contribution in [3.8, 4) is 0 Å². The zero-order valence-corrected chi connectivity index (χ0v) is 20.9. The molecular weight excluding hydrogens is 472 g/mol. The number of amides is 1. The van der Waals surface area contributed by atoms with Gasteiger partial charge >= 0.3 is 6.01 Å². The van der Waals surface area contributed by atoms with E-state index in [1.807, 2.05) is 12.1 Å². The summed E-state index contributed by atoms with van der Waals surface area (Å²) in [5.74, 6) is 1.49. The molecule has 34 heavy (non-hydrogen) atoms. The van der Waals surface area contributed by atoms with Crippen molar-refractivity contribution in [2.24, 2.45) is 5.92 Å². The number of benzene rings is 2. The topological polar surface area (TPSA) is 105 Å². The minimum Gasteiger partial charge on any atom is -0.407 e. The third-order valence-corrected chi connectivity index (χ3v) is 8.58. The number of nitrogens with zero attached hydrogens (tertiary/aromatic N) is 3. The Morgan fingerprint density at radius 3 is 2.41 bits per heavy atom. The number of carbonyl (C=O) groups excluding carboxylic acids is 1. The number of piperidine rings is 1. The molecule has 8 nitrogen and oxygen atoms in total. The van der Waals surface area contributed by atoms with Crippen LogP contribution in [0.15, 0.2) is 62.7 Å². The summed E-state index contributed by atoms with van der Waals surface area (Å²) in [6, 6.07) is 14.0. The minimum atomic E-state index is -3.56. The molecule has 0 bridgehead atoms. The van der Waals surface area contributed by atoms with Crippen molar-refractivity contribution in [2.75, 3.05) is 24.2 Å². The monoisotopic (exact) mass is 500 g/mol. The summed E-state index contributed by atoms with van der Waals surface area (Å²) >= 11 is 1.77. The third kappa shape index (κ3) is 5.86. The van der Waals surface area contributed by atoms with E-state index in [0.29, 0.717) is 36.9 Å². The molecule has 1 aromatic heterocycles. The molecule has 4 rings (SSSR count). The van der Waals surface area contributed by atoms with Crippen LogP contribution in [0.25, 0.3) is 0 Å². The van der Waals surface area contributed by atoms with Gasteiger partial charge in [0.15, 0.2) is 0 Å². The van der Waals surface area contributed by atoms with Crippen molar-refractivity contribution in [3.05, 3.63) is 65.5 Å². The molecular formula is C24H28N4O4S2. The van der Waals surface area contributed by atoms with Gasteiger partial charge in [-0.05, 0) is 66.5 Å². The number of rotatable bonds is 8. The molecule has 1 amide bonds. The number of aromatic nitrogens is 2. The lowest BCUT2D eigenvalue weighted by Gasteiger charge is -2.29. The molecule has 0 saturated carbocycles. The molecule has 0 aliphatic carbocycles. The first-order valence-corrected chi connectivity index (χ1v) is 13.7. The van der Waals surface area contributed by atoms with Crippen LogP contribution in [0.3, 0.4) is 0 Å². The summed E-state index contributed by atoms with van der Waals surface area (Å²) in [4.78, 5) is 14.0. The predicted octanol–water partition coefficient (Wildman–Crippen LogP) is 4.45. The van der Waals surface area contributed by atoms with E-state index in [1.165, 1.54) is 33.5 Å². The van der Waals surface area contributed by atoms with Crippen LogP contribution in [-0.2, 0) is 16.4 Å². The van der Waals surface area contributed by atoms with Gasteiger partial charge in [-0.3, -0.25) is 10.1 Å². The summed E-state index contributed by atoms with van der Waals surface area (Å²) in [6.45, 7) is 5.28. The Morgan fingerprint density at radius 1 is 1.09 bits per heavy atom. The van der Waals surface area contributed by atoms with E-state index in [2.05, 4.69) is 41.5 Å². The van der Waals surface area contributed by atoms with Crippen LogP contribution < -0.4 is 5.32 Å². The second-order valence-electron chi connectivity index (χ2n) is 8.32. The van der Waals surface area contributed by atoms with Crippen molar-refractivity contribution >= 4 is 33.7 Å². The molecule has 0 radical (unpaired) electrons. The molecule has 180 valence electrons. The van der Waals surface area contributed by atoms with E-state index in [4.69, 9.17) is 4.42 Å². The van der Waals surface area contributed by atoms with Crippen LogP contribution in [0.4, 0.5) is 6.01 Å². The van der Waals surface area contributed by atoms with Crippen LogP contribution in [-0.4, -0.2) is 47.7 Å². The molecule has 0 spiro atoms. The Kier molecular flexibility index (Phi) is 7.70. The Bertz CT molecular complexity index is 1220. The van der Waals surface area contributed by atoms with Crippen LogP contribution in [0, 0.1) is 5.92 Å². The van der Waals surface area contributed by atoms with Gasteiger partial charge in [-0.1, -0.05) is 31.1 Å². The number of anilines is 1. The highest BCUT2D eigenvalue weighted by Crippen LogP contribution is 2.24. The molecule has 1 fully saturated rings. The number of sulfonamides is 1. The van der Waals surface area contributed by atoms with E-state index in [1.54, 1.807) is 11.8 Å². The molecule has 2 heterocycles. The lowest BCUT2D eigenvalue weighted by molar-refractivity contribution is 0.102. The molecule has 3 aromatic rings. The number of nitrogens with one attached hydrogen (secondary N) is 1. The summed E-state index contributed by atoms with van der Waals surface area (Å²) in [5, 5.41) is 10.5. The standard InChI is InChI=1S/C24H28N4O4S2/c1-3-33-20-8-4-18(5-9-20)16-22-26-27-24(32-22)25-23(29)19-6-10-21(11-7-19)34(30,31)28-14-12-17(2)13-15-28/h4-11,17H,3,12-16H2,1-2H3,(H,25,27,29). The molecule has 1 N–H and O–H groups in total. The Morgan fingerprint density at radius 2 is 1.76 bits per heavy atom. The first-order valence-electron chi connectivity index (χ1n) is 11.3. The van der Waals surface area contributed by atoms with Crippen molar-refractivity contribution < 1.29 is 17.6 Å². The Balaban J connectivity index is 1.36. The normalized spacial score (nSPS) is 15.4. The highest BCUT2D eigenvalue weighted by Gasteiger charge is 2.28. The number of hydrogen-bond acceptors (Lipinski definition) is 7. The van der Waals surface area contributed by atoms with Gasteiger partial charge in [0.05, 0.1) is 11.3 Å². The number of carbonyl (C=O) groups is 1. The first-order chi connectivity index (χ1) is 16.3. The molecule has 1 aliphatic rings. The lowest BCUT2D eigenvalue weighted by atomic mass is 10.0. The van der Waals surface area contributed by atoms with E-state index < -0.39 is 15.9 Å². The maximum atomic E-state index is 12.9. The molecule has 2 aromatic carbocycles. The Hall–Kier alpha value is -2.69. The minimum absolute atomic E-state index is 0.00251. The zero-order valence-electron chi connectivity index (χ0n) is 19.2. The van der Waals surface area contributed by atoms with Gasteiger partial charge in [-0.2, -0.15) is 4.31 Å².